The van der Waals surface area contributed by atoms with Crippen molar-refractivity contribution in [2.24, 2.45) is 0 Å². The van der Waals surface area contributed by atoms with Crippen LogP contribution >= 0.6 is 0 Å². The van der Waals surface area contributed by atoms with Crippen LogP contribution in [0.2, 0.25) is 0 Å². The van der Waals surface area contributed by atoms with Crippen LogP contribution in [0, 0.1) is 0 Å². The summed E-state index contributed by atoms with van der Waals surface area (Å²) in [6.45, 7) is 3.72. The monoisotopic (exact) mass is 260 g/mol. The van der Waals surface area contributed by atoms with Crippen LogP contribution in [0.1, 0.15) is 13.3 Å². The maximum atomic E-state index is 12.2. The van der Waals surface area contributed by atoms with Crippen molar-refractivity contribution in [3.8, 4) is 0 Å². The fraction of sp³-hybridized carbons (Fsp3) is 0.700. The van der Waals surface area contributed by atoms with Gasteiger partial charge in [0, 0.05) is 19.3 Å². The molecular formula is C10H20N4O2S. The minimum absolute atomic E-state index is 0.226. The molecule has 0 saturated heterocycles. The number of hydrogen-bond acceptors (Lipinski definition) is 4. The summed E-state index contributed by atoms with van der Waals surface area (Å²) in [6.07, 6.45) is 3.56. The number of hydrogen-bond donors (Lipinski definition) is 1. The Hall–Kier alpha value is -0.920. The zero-order chi connectivity index (χ0) is 12.9. The third-order valence-electron chi connectivity index (χ3n) is 2.48. The van der Waals surface area contributed by atoms with Crippen molar-refractivity contribution in [3.63, 3.8) is 0 Å². The Morgan fingerprint density at radius 3 is 2.53 bits per heavy atom. The topological polar surface area (TPSA) is 69.3 Å². The molecule has 0 fully saturated rings. The Morgan fingerprint density at radius 1 is 1.35 bits per heavy atom. The zero-order valence-corrected chi connectivity index (χ0v) is 11.4. The van der Waals surface area contributed by atoms with E-state index in [1.807, 2.05) is 25.9 Å². The van der Waals surface area contributed by atoms with Crippen molar-refractivity contribution in [2.75, 3.05) is 33.7 Å². The van der Waals surface area contributed by atoms with Crippen LogP contribution in [0.15, 0.2) is 17.3 Å². The highest BCUT2D eigenvalue weighted by Gasteiger charge is 2.23. The zero-order valence-electron chi connectivity index (χ0n) is 10.5. The fourth-order valence-electron chi connectivity index (χ4n) is 1.54. The molecule has 0 aromatic carbocycles. The second-order valence-corrected chi connectivity index (χ2v) is 6.03. The van der Waals surface area contributed by atoms with Crippen molar-refractivity contribution < 1.29 is 8.42 Å². The first kappa shape index (κ1) is 14.1. The highest BCUT2D eigenvalue weighted by Crippen LogP contribution is 2.13. The number of aromatic amines is 1. The number of sulfonamides is 1. The molecule has 17 heavy (non-hydrogen) atoms. The van der Waals surface area contributed by atoms with Gasteiger partial charge < -0.3 is 4.90 Å². The SMILES string of the molecule is CCN(CCCN(C)C)S(=O)(=O)c1cn[nH]c1. The maximum Gasteiger partial charge on any atom is 0.246 e. The van der Waals surface area contributed by atoms with E-state index in [9.17, 15) is 8.42 Å². The first-order valence-corrected chi connectivity index (χ1v) is 7.06. The molecule has 1 aromatic rings. The summed E-state index contributed by atoms with van der Waals surface area (Å²) in [5.74, 6) is 0. The lowest BCUT2D eigenvalue weighted by molar-refractivity contribution is 0.356. The van der Waals surface area contributed by atoms with Crippen LogP contribution in [0.4, 0.5) is 0 Å². The van der Waals surface area contributed by atoms with Gasteiger partial charge in [-0.1, -0.05) is 6.92 Å². The molecule has 0 spiro atoms. The predicted molar refractivity (Wildman–Crippen MR) is 66.2 cm³/mol. The number of rotatable bonds is 7. The molecule has 1 aromatic heterocycles. The molecule has 1 N–H and O–H groups in total. The summed E-state index contributed by atoms with van der Waals surface area (Å²) >= 11 is 0. The molecular weight excluding hydrogens is 240 g/mol. The minimum Gasteiger partial charge on any atom is -0.309 e. The molecule has 1 heterocycles. The quantitative estimate of drug-likeness (QED) is 0.769. The molecule has 0 saturated carbocycles. The highest BCUT2D eigenvalue weighted by atomic mass is 32.2. The van der Waals surface area contributed by atoms with Crippen molar-refractivity contribution in [1.29, 1.82) is 0 Å². The average Bonchev–Trinajstić information content (AvgIpc) is 2.77. The van der Waals surface area contributed by atoms with Crippen molar-refractivity contribution in [3.05, 3.63) is 12.4 Å². The largest absolute Gasteiger partial charge is 0.309 e. The van der Waals surface area contributed by atoms with E-state index >= 15 is 0 Å². The van der Waals surface area contributed by atoms with E-state index in [0.717, 1.165) is 13.0 Å². The van der Waals surface area contributed by atoms with Crippen LogP contribution in [-0.4, -0.2) is 61.5 Å². The number of aromatic nitrogens is 2. The summed E-state index contributed by atoms with van der Waals surface area (Å²) < 4.78 is 25.8. The molecule has 0 unspecified atom stereocenters. The van der Waals surface area contributed by atoms with Gasteiger partial charge in [-0.2, -0.15) is 9.40 Å². The van der Waals surface area contributed by atoms with Crippen LogP contribution in [0.3, 0.4) is 0 Å². The number of H-pyrrole nitrogens is 1. The van der Waals surface area contributed by atoms with Gasteiger partial charge in [-0.15, -0.1) is 0 Å². The standard InChI is InChI=1S/C10H20N4O2S/c1-4-14(7-5-6-13(2)3)17(15,16)10-8-11-12-9-10/h8-9H,4-7H2,1-3H3,(H,11,12). The van der Waals surface area contributed by atoms with Gasteiger partial charge in [-0.05, 0) is 27.1 Å². The van der Waals surface area contributed by atoms with E-state index in [2.05, 4.69) is 10.2 Å². The summed E-state index contributed by atoms with van der Waals surface area (Å²) in [4.78, 5) is 2.27. The molecule has 0 bridgehead atoms. The van der Waals surface area contributed by atoms with Crippen molar-refractivity contribution >= 4 is 10.0 Å². The predicted octanol–water partition coefficient (Wildman–Crippen LogP) is 0.372. The molecule has 98 valence electrons. The van der Waals surface area contributed by atoms with E-state index in [-0.39, 0.29) is 4.90 Å². The molecule has 0 radical (unpaired) electrons. The normalized spacial score (nSPS) is 12.5. The summed E-state index contributed by atoms with van der Waals surface area (Å²) in [5.41, 5.74) is 0. The summed E-state index contributed by atoms with van der Waals surface area (Å²) in [6, 6.07) is 0. The van der Waals surface area contributed by atoms with Gasteiger partial charge >= 0.3 is 0 Å². The Labute approximate surface area is 103 Å². The van der Waals surface area contributed by atoms with Crippen LogP contribution < -0.4 is 0 Å². The van der Waals surface area contributed by atoms with Crippen LogP contribution in [-0.2, 0) is 10.0 Å². The molecule has 7 heteroatoms. The lowest BCUT2D eigenvalue weighted by Gasteiger charge is -2.20. The second kappa shape index (κ2) is 6.13. The van der Waals surface area contributed by atoms with E-state index in [4.69, 9.17) is 0 Å². The van der Waals surface area contributed by atoms with Crippen LogP contribution in [0.25, 0.3) is 0 Å². The van der Waals surface area contributed by atoms with Gasteiger partial charge in [0.25, 0.3) is 0 Å². The summed E-state index contributed by atoms with van der Waals surface area (Å²) in [5, 5.41) is 6.20. The minimum atomic E-state index is -3.38. The Balaban J connectivity index is 2.67. The highest BCUT2D eigenvalue weighted by molar-refractivity contribution is 7.89. The van der Waals surface area contributed by atoms with E-state index in [1.165, 1.54) is 16.7 Å². The Bertz CT molecular complexity index is 414. The first-order valence-electron chi connectivity index (χ1n) is 5.62. The lowest BCUT2D eigenvalue weighted by Crippen LogP contribution is -2.33. The molecule has 0 amide bonds. The molecule has 0 aliphatic rings. The number of nitrogens with one attached hydrogen (secondary N) is 1. The summed E-state index contributed by atoms with van der Waals surface area (Å²) in [7, 11) is 0.561. The van der Waals surface area contributed by atoms with Gasteiger partial charge in [0.1, 0.15) is 4.90 Å². The molecule has 0 atom stereocenters. The molecule has 1 rings (SSSR count). The molecule has 0 aliphatic carbocycles. The van der Waals surface area contributed by atoms with E-state index < -0.39 is 10.0 Å². The van der Waals surface area contributed by atoms with Gasteiger partial charge in [0.05, 0.1) is 6.20 Å². The maximum absolute atomic E-state index is 12.2. The Kier molecular flexibility index (Phi) is 5.10. The lowest BCUT2D eigenvalue weighted by atomic mass is 10.4. The van der Waals surface area contributed by atoms with E-state index in [0.29, 0.717) is 13.1 Å². The molecule has 6 nitrogen and oxygen atoms in total. The van der Waals surface area contributed by atoms with Crippen molar-refractivity contribution in [1.82, 2.24) is 19.4 Å². The Morgan fingerprint density at radius 2 is 2.06 bits per heavy atom. The third-order valence-corrected chi connectivity index (χ3v) is 4.42. The van der Waals surface area contributed by atoms with E-state index in [1.54, 1.807) is 0 Å². The van der Waals surface area contributed by atoms with Crippen LogP contribution in [0.5, 0.6) is 0 Å². The van der Waals surface area contributed by atoms with Gasteiger partial charge in [0.2, 0.25) is 10.0 Å². The van der Waals surface area contributed by atoms with Gasteiger partial charge in [0.15, 0.2) is 0 Å². The average molecular weight is 260 g/mol. The smallest absolute Gasteiger partial charge is 0.246 e. The van der Waals surface area contributed by atoms with Gasteiger partial charge in [-0.25, -0.2) is 8.42 Å². The first-order chi connectivity index (χ1) is 7.98. The third kappa shape index (κ3) is 3.79. The molecule has 0 aliphatic heterocycles. The second-order valence-electron chi connectivity index (χ2n) is 4.09. The van der Waals surface area contributed by atoms with Crippen molar-refractivity contribution in [2.45, 2.75) is 18.2 Å². The fourth-order valence-corrected chi connectivity index (χ4v) is 2.94. The number of nitrogens with zero attached hydrogens (tertiary/aromatic N) is 3. The van der Waals surface area contributed by atoms with Gasteiger partial charge in [-0.3, -0.25) is 5.10 Å².